The van der Waals surface area contributed by atoms with Crippen LogP contribution in [0.4, 0.5) is 0 Å². The molecule has 3 rings (SSSR count). The molecule has 0 bridgehead atoms. The molecule has 2 heterocycles. The van der Waals surface area contributed by atoms with E-state index in [4.69, 9.17) is 5.73 Å². The molecule has 4 heteroatoms. The molecule has 2 unspecified atom stereocenters. The third-order valence-electron chi connectivity index (χ3n) is 4.75. The lowest BCUT2D eigenvalue weighted by Crippen LogP contribution is -2.56. The summed E-state index contributed by atoms with van der Waals surface area (Å²) in [5, 5.41) is 0. The molecule has 0 aromatic heterocycles. The highest BCUT2D eigenvalue weighted by molar-refractivity contribution is 5.81. The van der Waals surface area contributed by atoms with Crippen molar-refractivity contribution in [3.05, 3.63) is 0 Å². The van der Waals surface area contributed by atoms with Crippen molar-refractivity contribution in [1.29, 1.82) is 0 Å². The van der Waals surface area contributed by atoms with Crippen molar-refractivity contribution in [2.45, 2.75) is 57.2 Å². The summed E-state index contributed by atoms with van der Waals surface area (Å²) in [6.45, 7) is 7.83. The Hall–Kier alpha value is -0.770. The molecule has 1 saturated carbocycles. The van der Waals surface area contributed by atoms with Crippen molar-refractivity contribution in [3.63, 3.8) is 0 Å². The molecule has 1 saturated heterocycles. The zero-order valence-electron chi connectivity index (χ0n) is 11.0. The number of likely N-dealkylation sites (tertiary alicyclic amines) is 1. The lowest BCUT2D eigenvalue weighted by Gasteiger charge is -2.40. The normalized spacial score (nSPS) is 35.6. The van der Waals surface area contributed by atoms with Crippen molar-refractivity contribution < 1.29 is 0 Å². The van der Waals surface area contributed by atoms with E-state index in [1.807, 2.05) is 0 Å². The van der Waals surface area contributed by atoms with Crippen LogP contribution >= 0.6 is 0 Å². The Morgan fingerprint density at radius 1 is 1.53 bits per heavy atom. The van der Waals surface area contributed by atoms with E-state index < -0.39 is 0 Å². The van der Waals surface area contributed by atoms with Crippen molar-refractivity contribution >= 4 is 5.96 Å². The van der Waals surface area contributed by atoms with Gasteiger partial charge in [-0.2, -0.15) is 0 Å². The molecule has 1 spiro atoms. The maximum absolute atomic E-state index is 6.10. The molecule has 1 aliphatic carbocycles. The molecule has 17 heavy (non-hydrogen) atoms. The Labute approximate surface area is 104 Å². The highest BCUT2D eigenvalue weighted by Crippen LogP contribution is 2.39. The van der Waals surface area contributed by atoms with Crippen LogP contribution in [0.2, 0.25) is 0 Å². The molecule has 2 atom stereocenters. The smallest absolute Gasteiger partial charge is 0.192 e. The monoisotopic (exact) mass is 236 g/mol. The molecular formula is C13H24N4. The van der Waals surface area contributed by atoms with Gasteiger partial charge in [0.1, 0.15) is 0 Å². The van der Waals surface area contributed by atoms with E-state index in [0.717, 1.165) is 25.0 Å². The molecule has 2 fully saturated rings. The number of aliphatic imine (C=N–C) groups is 1. The molecule has 4 nitrogen and oxygen atoms in total. The molecule has 0 aromatic rings. The molecule has 0 amide bonds. The first kappa shape index (κ1) is 11.3. The van der Waals surface area contributed by atoms with E-state index in [0.29, 0.717) is 6.04 Å². The Morgan fingerprint density at radius 3 is 2.94 bits per heavy atom. The first-order valence-corrected chi connectivity index (χ1v) is 6.99. The van der Waals surface area contributed by atoms with E-state index in [2.05, 4.69) is 28.6 Å². The molecule has 0 aromatic carbocycles. The summed E-state index contributed by atoms with van der Waals surface area (Å²) >= 11 is 0. The van der Waals surface area contributed by atoms with Crippen molar-refractivity contribution in [2.75, 3.05) is 19.6 Å². The number of nitrogens with zero attached hydrogens (tertiary/aromatic N) is 3. The number of rotatable bonds is 3. The molecule has 3 aliphatic rings. The lowest BCUT2D eigenvalue weighted by molar-refractivity contribution is 0.152. The fourth-order valence-electron chi connectivity index (χ4n) is 3.46. The van der Waals surface area contributed by atoms with E-state index in [1.165, 1.54) is 32.4 Å². The summed E-state index contributed by atoms with van der Waals surface area (Å²) in [5.41, 5.74) is 6.33. The van der Waals surface area contributed by atoms with Crippen molar-refractivity contribution in [2.24, 2.45) is 10.7 Å². The topological polar surface area (TPSA) is 44.9 Å². The van der Waals surface area contributed by atoms with Gasteiger partial charge in [-0.15, -0.1) is 0 Å². The quantitative estimate of drug-likeness (QED) is 0.796. The second kappa shape index (κ2) is 3.87. The largest absolute Gasteiger partial charge is 0.370 e. The predicted molar refractivity (Wildman–Crippen MR) is 70.0 cm³/mol. The van der Waals surface area contributed by atoms with Crippen LogP contribution in [-0.2, 0) is 0 Å². The predicted octanol–water partition coefficient (Wildman–Crippen LogP) is 1.02. The average molecular weight is 236 g/mol. The zero-order valence-corrected chi connectivity index (χ0v) is 11.0. The van der Waals surface area contributed by atoms with Gasteiger partial charge >= 0.3 is 0 Å². The van der Waals surface area contributed by atoms with Crippen LogP contribution in [0, 0.1) is 0 Å². The Morgan fingerprint density at radius 2 is 2.29 bits per heavy atom. The second-order valence-corrected chi connectivity index (χ2v) is 5.98. The van der Waals surface area contributed by atoms with Gasteiger partial charge in [-0.05, 0) is 32.6 Å². The van der Waals surface area contributed by atoms with Crippen LogP contribution < -0.4 is 5.73 Å². The maximum atomic E-state index is 6.10. The Kier molecular flexibility index (Phi) is 2.58. The maximum Gasteiger partial charge on any atom is 0.192 e. The average Bonchev–Trinajstić information content (AvgIpc) is 3.02. The highest BCUT2D eigenvalue weighted by Gasteiger charge is 2.50. The second-order valence-electron chi connectivity index (χ2n) is 5.98. The summed E-state index contributed by atoms with van der Waals surface area (Å²) in [7, 11) is 0. The van der Waals surface area contributed by atoms with E-state index in [1.54, 1.807) is 0 Å². The minimum Gasteiger partial charge on any atom is -0.370 e. The van der Waals surface area contributed by atoms with Crippen LogP contribution in [0.3, 0.4) is 0 Å². The summed E-state index contributed by atoms with van der Waals surface area (Å²) in [4.78, 5) is 9.60. The standard InChI is InChI=1S/C13H24N4/c1-3-10(2)17-12(14)15-8-13(17)6-7-16(9-13)11-4-5-11/h10-11H,3-9H2,1-2H3,(H2,14,15). The number of guanidine groups is 1. The van der Waals surface area contributed by atoms with Gasteiger partial charge in [0.05, 0.1) is 12.1 Å². The summed E-state index contributed by atoms with van der Waals surface area (Å²) in [5.74, 6) is 0.775. The number of nitrogens with two attached hydrogens (primary N) is 1. The summed E-state index contributed by atoms with van der Waals surface area (Å²) in [6.07, 6.45) is 5.17. The van der Waals surface area contributed by atoms with Gasteiger partial charge in [0.15, 0.2) is 5.96 Å². The van der Waals surface area contributed by atoms with Crippen molar-refractivity contribution in [1.82, 2.24) is 9.80 Å². The third kappa shape index (κ3) is 1.73. The van der Waals surface area contributed by atoms with Crippen molar-refractivity contribution in [3.8, 4) is 0 Å². The molecule has 2 aliphatic heterocycles. The van der Waals surface area contributed by atoms with Crippen LogP contribution in [-0.4, -0.2) is 53.0 Å². The molecule has 2 N–H and O–H groups in total. The first-order valence-electron chi connectivity index (χ1n) is 6.99. The SMILES string of the molecule is CCC(C)N1C(N)=NCC12CCN(C1CC1)C2. The van der Waals surface area contributed by atoms with Crippen LogP contribution in [0.25, 0.3) is 0 Å². The molecule has 0 radical (unpaired) electrons. The fraction of sp³-hybridized carbons (Fsp3) is 0.923. The van der Waals surface area contributed by atoms with Gasteiger partial charge in [0.2, 0.25) is 0 Å². The van der Waals surface area contributed by atoms with Gasteiger partial charge in [-0.3, -0.25) is 9.89 Å². The number of hydrogen-bond donors (Lipinski definition) is 1. The zero-order chi connectivity index (χ0) is 12.0. The summed E-state index contributed by atoms with van der Waals surface area (Å²) < 4.78 is 0. The van der Waals surface area contributed by atoms with Gasteiger partial charge in [-0.1, -0.05) is 6.92 Å². The lowest BCUT2D eigenvalue weighted by atomic mass is 9.95. The van der Waals surface area contributed by atoms with Crippen LogP contribution in [0.15, 0.2) is 4.99 Å². The van der Waals surface area contributed by atoms with E-state index >= 15 is 0 Å². The summed E-state index contributed by atoms with van der Waals surface area (Å²) in [6, 6.07) is 1.38. The van der Waals surface area contributed by atoms with Crippen LogP contribution in [0.1, 0.15) is 39.5 Å². The Balaban J connectivity index is 1.77. The van der Waals surface area contributed by atoms with Gasteiger partial charge in [-0.25, -0.2) is 0 Å². The minimum absolute atomic E-state index is 0.224. The highest BCUT2D eigenvalue weighted by atomic mass is 15.4. The number of hydrogen-bond acceptors (Lipinski definition) is 4. The first-order chi connectivity index (χ1) is 8.16. The molecule has 96 valence electrons. The van der Waals surface area contributed by atoms with Gasteiger partial charge in [0.25, 0.3) is 0 Å². The van der Waals surface area contributed by atoms with Gasteiger partial charge in [0, 0.05) is 25.2 Å². The van der Waals surface area contributed by atoms with Gasteiger partial charge < -0.3 is 10.6 Å². The van der Waals surface area contributed by atoms with Crippen LogP contribution in [0.5, 0.6) is 0 Å². The Bertz CT molecular complexity index is 336. The fourth-order valence-corrected chi connectivity index (χ4v) is 3.46. The third-order valence-corrected chi connectivity index (χ3v) is 4.75. The molecular weight excluding hydrogens is 212 g/mol. The van der Waals surface area contributed by atoms with E-state index in [9.17, 15) is 0 Å². The van der Waals surface area contributed by atoms with E-state index in [-0.39, 0.29) is 5.54 Å². The minimum atomic E-state index is 0.224.